The third kappa shape index (κ3) is 3.97. The van der Waals surface area contributed by atoms with Gasteiger partial charge in [0.1, 0.15) is 0 Å². The lowest BCUT2D eigenvalue weighted by Crippen LogP contribution is -2.24. The van der Waals surface area contributed by atoms with Gasteiger partial charge in [-0.05, 0) is 35.4 Å². The van der Waals surface area contributed by atoms with Gasteiger partial charge in [-0.25, -0.2) is 0 Å². The minimum Gasteiger partial charge on any atom is -0.346 e. The zero-order valence-electron chi connectivity index (χ0n) is 16.9. The van der Waals surface area contributed by atoms with E-state index in [4.69, 9.17) is 5.26 Å². The van der Waals surface area contributed by atoms with E-state index >= 15 is 0 Å². The molecule has 4 heteroatoms. The third-order valence-corrected chi connectivity index (χ3v) is 5.35. The first-order valence-electron chi connectivity index (χ1n) is 10.1. The Kier molecular flexibility index (Phi) is 5.63. The number of aromatic nitrogens is 1. The standard InChI is InChI=1S/C26H23N3O/c1-19(22-12-6-9-20-8-2-3-10-23(20)22)28-26(30)15-14-21-18-29(17-7-16-27)25-13-5-4-11-24(21)25/h2-6,8-15,18-19H,7,17H2,1H3,(H,28,30). The van der Waals surface area contributed by atoms with Gasteiger partial charge in [-0.2, -0.15) is 5.26 Å². The Morgan fingerprint density at radius 3 is 2.63 bits per heavy atom. The van der Waals surface area contributed by atoms with E-state index in [2.05, 4.69) is 40.2 Å². The summed E-state index contributed by atoms with van der Waals surface area (Å²) in [5.41, 5.74) is 3.14. The summed E-state index contributed by atoms with van der Waals surface area (Å²) >= 11 is 0. The molecule has 0 saturated carbocycles. The molecule has 0 radical (unpaired) electrons. The fourth-order valence-electron chi connectivity index (χ4n) is 3.90. The van der Waals surface area contributed by atoms with Gasteiger partial charge in [-0.1, -0.05) is 60.7 Å². The average molecular weight is 393 g/mol. The molecule has 0 bridgehead atoms. The zero-order chi connectivity index (χ0) is 20.9. The number of benzene rings is 3. The van der Waals surface area contributed by atoms with Crippen molar-refractivity contribution in [1.82, 2.24) is 9.88 Å². The minimum absolute atomic E-state index is 0.106. The van der Waals surface area contributed by atoms with Crippen LogP contribution in [-0.4, -0.2) is 10.5 Å². The Bertz CT molecular complexity index is 1270. The van der Waals surface area contributed by atoms with Crippen LogP contribution < -0.4 is 5.32 Å². The summed E-state index contributed by atoms with van der Waals surface area (Å²) < 4.78 is 2.06. The van der Waals surface area contributed by atoms with Crippen LogP contribution >= 0.6 is 0 Å². The molecule has 0 aliphatic heterocycles. The molecular weight excluding hydrogens is 370 g/mol. The number of carbonyl (C=O) groups is 1. The Balaban J connectivity index is 1.53. The number of nitrogens with one attached hydrogen (secondary N) is 1. The number of nitriles is 1. The Morgan fingerprint density at radius 2 is 1.80 bits per heavy atom. The van der Waals surface area contributed by atoms with Crippen LogP contribution in [0.25, 0.3) is 27.8 Å². The summed E-state index contributed by atoms with van der Waals surface area (Å²) in [7, 11) is 0. The molecule has 1 amide bonds. The lowest BCUT2D eigenvalue weighted by Gasteiger charge is -2.15. The molecule has 1 heterocycles. The molecule has 148 valence electrons. The average Bonchev–Trinajstić information content (AvgIpc) is 3.13. The highest BCUT2D eigenvalue weighted by Crippen LogP contribution is 2.25. The summed E-state index contributed by atoms with van der Waals surface area (Å²) in [5, 5.41) is 15.4. The van der Waals surface area contributed by atoms with E-state index in [1.54, 1.807) is 6.08 Å². The van der Waals surface area contributed by atoms with E-state index < -0.39 is 0 Å². The van der Waals surface area contributed by atoms with Crippen LogP contribution in [0.15, 0.2) is 79.0 Å². The predicted octanol–water partition coefficient (Wildman–Crippen LogP) is 5.60. The molecule has 4 aromatic rings. The van der Waals surface area contributed by atoms with Crippen molar-refractivity contribution in [3.8, 4) is 6.07 Å². The second-order valence-electron chi connectivity index (χ2n) is 7.34. The Morgan fingerprint density at radius 1 is 1.07 bits per heavy atom. The molecule has 3 aromatic carbocycles. The number of nitrogens with zero attached hydrogens (tertiary/aromatic N) is 2. The summed E-state index contributed by atoms with van der Waals surface area (Å²) in [5.74, 6) is -0.135. The number of aryl methyl sites for hydroxylation is 1. The van der Waals surface area contributed by atoms with Crippen LogP contribution in [0.2, 0.25) is 0 Å². The molecule has 1 N–H and O–H groups in total. The van der Waals surface area contributed by atoms with E-state index in [0.29, 0.717) is 13.0 Å². The van der Waals surface area contributed by atoms with E-state index in [-0.39, 0.29) is 11.9 Å². The summed E-state index contributed by atoms with van der Waals surface area (Å²) in [6.07, 6.45) is 5.87. The maximum atomic E-state index is 12.6. The fraction of sp³-hybridized carbons (Fsp3) is 0.154. The van der Waals surface area contributed by atoms with Gasteiger partial charge in [-0.3, -0.25) is 4.79 Å². The smallest absolute Gasteiger partial charge is 0.244 e. The second kappa shape index (κ2) is 8.67. The molecule has 1 atom stereocenters. The Labute approximate surface area is 176 Å². The van der Waals surface area contributed by atoms with Gasteiger partial charge in [0.25, 0.3) is 0 Å². The highest BCUT2D eigenvalue weighted by atomic mass is 16.1. The van der Waals surface area contributed by atoms with Gasteiger partial charge in [0.2, 0.25) is 5.91 Å². The van der Waals surface area contributed by atoms with Crippen molar-refractivity contribution in [3.63, 3.8) is 0 Å². The molecule has 0 spiro atoms. The minimum atomic E-state index is -0.135. The molecule has 0 fully saturated rings. The van der Waals surface area contributed by atoms with E-state index in [9.17, 15) is 4.79 Å². The normalized spacial score (nSPS) is 12.3. The first-order valence-corrected chi connectivity index (χ1v) is 10.1. The second-order valence-corrected chi connectivity index (χ2v) is 7.34. The number of amides is 1. The summed E-state index contributed by atoms with van der Waals surface area (Å²) in [6, 6.07) is 24.5. The van der Waals surface area contributed by atoms with Crippen molar-refractivity contribution in [3.05, 3.63) is 90.1 Å². The lowest BCUT2D eigenvalue weighted by atomic mass is 10.00. The zero-order valence-corrected chi connectivity index (χ0v) is 16.9. The van der Waals surface area contributed by atoms with Gasteiger partial charge >= 0.3 is 0 Å². The first-order chi connectivity index (χ1) is 14.7. The molecule has 1 aromatic heterocycles. The molecule has 0 saturated heterocycles. The van der Waals surface area contributed by atoms with Crippen molar-refractivity contribution in [2.24, 2.45) is 0 Å². The highest BCUT2D eigenvalue weighted by molar-refractivity contribution is 5.97. The third-order valence-electron chi connectivity index (χ3n) is 5.35. The number of hydrogen-bond acceptors (Lipinski definition) is 2. The summed E-state index contributed by atoms with van der Waals surface area (Å²) in [6.45, 7) is 2.64. The molecule has 4 nitrogen and oxygen atoms in total. The van der Waals surface area contributed by atoms with Gasteiger partial charge in [-0.15, -0.1) is 0 Å². The van der Waals surface area contributed by atoms with Crippen molar-refractivity contribution in [1.29, 1.82) is 5.26 Å². The fourth-order valence-corrected chi connectivity index (χ4v) is 3.90. The maximum absolute atomic E-state index is 12.6. The predicted molar refractivity (Wildman–Crippen MR) is 122 cm³/mol. The van der Waals surface area contributed by atoms with Crippen LogP contribution in [0.3, 0.4) is 0 Å². The van der Waals surface area contributed by atoms with E-state index in [1.807, 2.05) is 61.7 Å². The molecule has 0 aliphatic rings. The van der Waals surface area contributed by atoms with Crippen LogP contribution in [0.4, 0.5) is 0 Å². The van der Waals surface area contributed by atoms with Crippen LogP contribution in [0, 0.1) is 11.3 Å². The van der Waals surface area contributed by atoms with Crippen LogP contribution in [0.5, 0.6) is 0 Å². The van der Waals surface area contributed by atoms with Crippen molar-refractivity contribution in [2.45, 2.75) is 25.9 Å². The molecule has 30 heavy (non-hydrogen) atoms. The van der Waals surface area contributed by atoms with Crippen molar-refractivity contribution >= 4 is 33.7 Å². The maximum Gasteiger partial charge on any atom is 0.244 e. The topological polar surface area (TPSA) is 57.8 Å². The highest BCUT2D eigenvalue weighted by Gasteiger charge is 2.11. The summed E-state index contributed by atoms with van der Waals surface area (Å²) in [4.78, 5) is 12.6. The van der Waals surface area contributed by atoms with Crippen LogP contribution in [0.1, 0.15) is 30.5 Å². The molecular formula is C26H23N3O. The lowest BCUT2D eigenvalue weighted by molar-refractivity contribution is -0.117. The van der Waals surface area contributed by atoms with Gasteiger partial charge in [0, 0.05) is 35.3 Å². The van der Waals surface area contributed by atoms with Gasteiger partial charge in [0.05, 0.1) is 18.5 Å². The van der Waals surface area contributed by atoms with Gasteiger partial charge < -0.3 is 9.88 Å². The SMILES string of the molecule is CC(NC(=O)C=Cc1cn(CCC#N)c2ccccc12)c1cccc2ccccc12. The first kappa shape index (κ1) is 19.5. The number of rotatable bonds is 6. The van der Waals surface area contributed by atoms with E-state index in [0.717, 1.165) is 32.8 Å². The number of carbonyl (C=O) groups excluding carboxylic acids is 1. The number of para-hydroxylation sites is 1. The Hall–Kier alpha value is -3.84. The number of hydrogen-bond donors (Lipinski definition) is 1. The van der Waals surface area contributed by atoms with Crippen molar-refractivity contribution < 1.29 is 4.79 Å². The molecule has 1 unspecified atom stereocenters. The molecule has 4 rings (SSSR count). The quantitative estimate of drug-likeness (QED) is 0.434. The van der Waals surface area contributed by atoms with Gasteiger partial charge in [0.15, 0.2) is 0 Å². The van der Waals surface area contributed by atoms with Crippen LogP contribution in [-0.2, 0) is 11.3 Å². The van der Waals surface area contributed by atoms with Crippen molar-refractivity contribution in [2.75, 3.05) is 0 Å². The largest absolute Gasteiger partial charge is 0.346 e. The molecule has 0 aliphatic carbocycles. The number of fused-ring (bicyclic) bond motifs is 2. The van der Waals surface area contributed by atoms with E-state index in [1.165, 1.54) is 0 Å². The monoisotopic (exact) mass is 393 g/mol.